The number of thiophene rings is 1. The van der Waals surface area contributed by atoms with E-state index in [-0.39, 0.29) is 18.3 Å². The Morgan fingerprint density at radius 3 is 2.62 bits per heavy atom. The zero-order chi connectivity index (χ0) is 20.6. The predicted molar refractivity (Wildman–Crippen MR) is 109 cm³/mol. The molecule has 3 aromatic rings. The maximum absolute atomic E-state index is 12.5. The van der Waals surface area contributed by atoms with E-state index in [2.05, 4.69) is 10.6 Å². The van der Waals surface area contributed by atoms with Gasteiger partial charge >= 0.3 is 5.97 Å². The first-order valence-electron chi connectivity index (χ1n) is 8.91. The molecule has 0 fully saturated rings. The van der Waals surface area contributed by atoms with Gasteiger partial charge in [0.1, 0.15) is 5.76 Å². The number of amides is 1. The molecule has 0 aliphatic rings. The minimum atomic E-state index is -0.587. The summed E-state index contributed by atoms with van der Waals surface area (Å²) in [6, 6.07) is 14.0. The first-order chi connectivity index (χ1) is 14.0. The van der Waals surface area contributed by atoms with Crippen molar-refractivity contribution in [1.29, 1.82) is 0 Å². The highest BCUT2D eigenvalue weighted by atomic mass is 32.1. The quantitative estimate of drug-likeness (QED) is 0.411. The molecule has 29 heavy (non-hydrogen) atoms. The van der Waals surface area contributed by atoms with Gasteiger partial charge in [0.05, 0.1) is 29.8 Å². The monoisotopic (exact) mass is 412 g/mol. The summed E-state index contributed by atoms with van der Waals surface area (Å²) in [4.78, 5) is 37.1. The van der Waals surface area contributed by atoms with Crippen molar-refractivity contribution in [2.45, 2.75) is 20.0 Å². The van der Waals surface area contributed by atoms with Crippen LogP contribution in [0.2, 0.25) is 0 Å². The van der Waals surface area contributed by atoms with Gasteiger partial charge in [-0.25, -0.2) is 4.79 Å². The molecular weight excluding hydrogens is 392 g/mol. The van der Waals surface area contributed by atoms with E-state index in [0.717, 1.165) is 10.6 Å². The fourth-order valence-corrected chi connectivity index (χ4v) is 3.40. The lowest BCUT2D eigenvalue weighted by Gasteiger charge is -2.10. The van der Waals surface area contributed by atoms with Crippen LogP contribution in [0.4, 0.5) is 5.69 Å². The van der Waals surface area contributed by atoms with Crippen molar-refractivity contribution in [2.24, 2.45) is 0 Å². The van der Waals surface area contributed by atoms with Gasteiger partial charge in [0.15, 0.2) is 6.61 Å². The Morgan fingerprint density at radius 2 is 1.86 bits per heavy atom. The lowest BCUT2D eigenvalue weighted by atomic mass is 10.1. The molecule has 1 aromatic carbocycles. The second-order valence-corrected chi connectivity index (χ2v) is 7.32. The van der Waals surface area contributed by atoms with Crippen LogP contribution in [0.15, 0.2) is 59.2 Å². The van der Waals surface area contributed by atoms with Crippen molar-refractivity contribution in [3.8, 4) is 0 Å². The van der Waals surface area contributed by atoms with E-state index >= 15 is 0 Å². The van der Waals surface area contributed by atoms with Crippen molar-refractivity contribution in [2.75, 3.05) is 11.9 Å². The minimum Gasteiger partial charge on any atom is -0.467 e. The summed E-state index contributed by atoms with van der Waals surface area (Å²) in [5, 5.41) is 5.81. The largest absolute Gasteiger partial charge is 0.467 e. The molecule has 2 heterocycles. The van der Waals surface area contributed by atoms with E-state index in [1.165, 1.54) is 18.3 Å². The number of carbonyl (C=O) groups is 3. The fraction of sp³-hybridized carbons (Fsp3) is 0.190. The Kier molecular flexibility index (Phi) is 6.80. The summed E-state index contributed by atoms with van der Waals surface area (Å²) in [5.74, 6) is -0.287. The molecule has 2 N–H and O–H groups in total. The van der Waals surface area contributed by atoms with E-state index < -0.39 is 5.97 Å². The van der Waals surface area contributed by atoms with Gasteiger partial charge in [-0.1, -0.05) is 12.1 Å². The second-order valence-electron chi connectivity index (χ2n) is 6.15. The number of hydrogen-bond acceptors (Lipinski definition) is 7. The highest BCUT2D eigenvalue weighted by Crippen LogP contribution is 2.19. The molecule has 150 valence electrons. The Balaban J connectivity index is 1.56. The number of furan rings is 1. The smallest absolute Gasteiger partial charge is 0.340 e. The number of esters is 1. The van der Waals surface area contributed by atoms with Gasteiger partial charge in [-0.05, 0) is 36.4 Å². The number of nitrogens with one attached hydrogen (secondary N) is 2. The van der Waals surface area contributed by atoms with Crippen molar-refractivity contribution in [3.63, 3.8) is 0 Å². The van der Waals surface area contributed by atoms with Gasteiger partial charge in [0.25, 0.3) is 0 Å². The van der Waals surface area contributed by atoms with Gasteiger partial charge in [0.2, 0.25) is 11.7 Å². The summed E-state index contributed by atoms with van der Waals surface area (Å²) in [5.41, 5.74) is 0.930. The van der Waals surface area contributed by atoms with Gasteiger partial charge in [-0.2, -0.15) is 0 Å². The van der Waals surface area contributed by atoms with E-state index in [0.29, 0.717) is 29.2 Å². The molecule has 0 aliphatic carbocycles. The normalized spacial score (nSPS) is 10.4. The second kappa shape index (κ2) is 9.70. The van der Waals surface area contributed by atoms with Crippen molar-refractivity contribution in [3.05, 3.63) is 75.9 Å². The van der Waals surface area contributed by atoms with E-state index in [9.17, 15) is 14.4 Å². The van der Waals surface area contributed by atoms with Crippen LogP contribution in [0.1, 0.15) is 37.6 Å². The number of ketones is 1. The molecule has 0 atom stereocenters. The van der Waals surface area contributed by atoms with Crippen LogP contribution in [0, 0.1) is 0 Å². The Bertz CT molecular complexity index is 994. The molecule has 0 radical (unpaired) electrons. The zero-order valence-corrected chi connectivity index (χ0v) is 16.6. The molecule has 3 rings (SSSR count). The Hall–Kier alpha value is -3.39. The van der Waals surface area contributed by atoms with E-state index in [4.69, 9.17) is 9.15 Å². The lowest BCUT2D eigenvalue weighted by Crippen LogP contribution is -2.18. The van der Waals surface area contributed by atoms with Crippen LogP contribution in [0.5, 0.6) is 0 Å². The van der Waals surface area contributed by atoms with Crippen LogP contribution in [-0.4, -0.2) is 24.3 Å². The van der Waals surface area contributed by atoms with Crippen LogP contribution < -0.4 is 10.6 Å². The number of Topliss-reactive ketones (excluding diaryl/α,β-unsaturated/α-hetero) is 1. The molecule has 8 heteroatoms. The van der Waals surface area contributed by atoms with Gasteiger partial charge in [0, 0.05) is 17.5 Å². The van der Waals surface area contributed by atoms with Crippen molar-refractivity contribution in [1.82, 2.24) is 5.32 Å². The van der Waals surface area contributed by atoms with Crippen LogP contribution in [-0.2, 0) is 22.6 Å². The number of anilines is 1. The lowest BCUT2D eigenvalue weighted by molar-refractivity contribution is -0.119. The maximum atomic E-state index is 12.5. The molecule has 0 saturated carbocycles. The zero-order valence-electron chi connectivity index (χ0n) is 15.8. The number of para-hydroxylation sites is 1. The number of benzene rings is 1. The average molecular weight is 412 g/mol. The fourth-order valence-electron chi connectivity index (χ4n) is 2.53. The molecule has 0 bridgehead atoms. The van der Waals surface area contributed by atoms with Gasteiger partial charge in [-0.15, -0.1) is 11.3 Å². The molecular formula is C21H20N2O5S. The summed E-state index contributed by atoms with van der Waals surface area (Å²) in [6.07, 6.45) is 1.58. The minimum absolute atomic E-state index is 0.139. The Morgan fingerprint density at radius 1 is 1.03 bits per heavy atom. The van der Waals surface area contributed by atoms with Crippen molar-refractivity contribution < 1.29 is 23.5 Å². The van der Waals surface area contributed by atoms with Gasteiger partial charge < -0.3 is 19.8 Å². The molecule has 0 unspecified atom stereocenters. The molecule has 0 saturated heterocycles. The van der Waals surface area contributed by atoms with Crippen LogP contribution >= 0.6 is 11.3 Å². The first kappa shape index (κ1) is 20.3. The topological polar surface area (TPSA) is 97.6 Å². The molecule has 2 aromatic heterocycles. The van der Waals surface area contributed by atoms with E-state index in [1.54, 1.807) is 48.7 Å². The summed E-state index contributed by atoms with van der Waals surface area (Å²) >= 11 is 1.26. The highest BCUT2D eigenvalue weighted by Gasteiger charge is 2.16. The predicted octanol–water partition coefficient (Wildman–Crippen LogP) is 3.63. The third-order valence-electron chi connectivity index (χ3n) is 3.96. The number of carbonyl (C=O) groups excluding carboxylic acids is 3. The molecule has 1 amide bonds. The summed E-state index contributed by atoms with van der Waals surface area (Å²) in [7, 11) is 0. The number of hydrogen-bond donors (Lipinski definition) is 2. The molecule has 7 nitrogen and oxygen atoms in total. The average Bonchev–Trinajstić information content (AvgIpc) is 3.41. The van der Waals surface area contributed by atoms with Crippen LogP contribution in [0.25, 0.3) is 0 Å². The van der Waals surface area contributed by atoms with Crippen LogP contribution in [0.3, 0.4) is 0 Å². The molecule has 0 spiro atoms. The highest BCUT2D eigenvalue weighted by molar-refractivity contribution is 7.14. The Labute approximate surface area is 171 Å². The standard InChI is InChI=1S/C21H20N2O5S/c1-14(24)22-12-16-8-9-20(29-16)19(25)13-28-21(26)17-6-2-3-7-18(17)23-11-15-5-4-10-27-15/h2-10,23H,11-13H2,1H3,(H,22,24). The number of ether oxygens (including phenoxy) is 1. The SMILES string of the molecule is CC(=O)NCc1ccc(C(=O)COC(=O)c2ccccc2NCc2ccco2)s1. The van der Waals surface area contributed by atoms with E-state index in [1.807, 2.05) is 6.07 Å². The van der Waals surface area contributed by atoms with Crippen molar-refractivity contribution >= 4 is 34.7 Å². The summed E-state index contributed by atoms with van der Waals surface area (Å²) < 4.78 is 10.5. The number of rotatable bonds is 9. The molecule has 0 aliphatic heterocycles. The maximum Gasteiger partial charge on any atom is 0.340 e. The third-order valence-corrected chi connectivity index (χ3v) is 5.09. The first-order valence-corrected chi connectivity index (χ1v) is 9.73. The summed E-state index contributed by atoms with van der Waals surface area (Å²) in [6.45, 7) is 1.86. The van der Waals surface area contributed by atoms with Gasteiger partial charge in [-0.3, -0.25) is 9.59 Å². The third kappa shape index (κ3) is 5.79.